The van der Waals surface area contributed by atoms with Crippen LogP contribution in [0.25, 0.3) is 0 Å². The lowest BCUT2D eigenvalue weighted by atomic mass is 9.98. The molecule has 7 nitrogen and oxygen atoms in total. The van der Waals surface area contributed by atoms with Crippen LogP contribution in [0.15, 0.2) is 12.1 Å². The number of fused-ring (bicyclic) bond motifs is 1. The molecule has 0 spiro atoms. The van der Waals surface area contributed by atoms with Gasteiger partial charge in [0.05, 0.1) is 20.1 Å². The molecule has 0 aliphatic carbocycles. The van der Waals surface area contributed by atoms with E-state index < -0.39 is 0 Å². The van der Waals surface area contributed by atoms with Crippen molar-refractivity contribution in [1.82, 2.24) is 15.5 Å². The molecule has 2 amide bonds. The summed E-state index contributed by atoms with van der Waals surface area (Å²) in [7, 11) is 3.25. The molecule has 2 aliphatic rings. The van der Waals surface area contributed by atoms with E-state index in [1.54, 1.807) is 14.2 Å². The number of carbonyl (C=O) groups excluding carboxylic acids is 2. The molecule has 2 heterocycles. The standard InChI is InChI=1S/C20H29N3O4.ClH/c1-26-17-10-14-6-9-23(13-16(14)11-18(17)27-2)19(24)4-3-7-22-20(25)15-5-8-21-12-15;/h10-11,15,21H,3-9,12-13H2,1-2H3,(H,22,25);1H. The van der Waals surface area contributed by atoms with Gasteiger partial charge in [0.2, 0.25) is 11.8 Å². The number of benzene rings is 1. The van der Waals surface area contributed by atoms with E-state index in [0.717, 1.165) is 37.2 Å². The summed E-state index contributed by atoms with van der Waals surface area (Å²) in [6.07, 6.45) is 2.82. The zero-order valence-corrected chi connectivity index (χ0v) is 17.4. The van der Waals surface area contributed by atoms with Crippen LogP contribution in [0, 0.1) is 5.92 Å². The normalized spacial score (nSPS) is 18.1. The zero-order chi connectivity index (χ0) is 19.2. The maximum Gasteiger partial charge on any atom is 0.224 e. The molecule has 1 aromatic carbocycles. The van der Waals surface area contributed by atoms with Gasteiger partial charge in [-0.05, 0) is 49.1 Å². The molecule has 1 fully saturated rings. The highest BCUT2D eigenvalue weighted by atomic mass is 35.5. The van der Waals surface area contributed by atoms with Gasteiger partial charge in [-0.1, -0.05) is 0 Å². The Bertz CT molecular complexity index is 692. The monoisotopic (exact) mass is 411 g/mol. The van der Waals surface area contributed by atoms with E-state index >= 15 is 0 Å². The number of nitrogens with one attached hydrogen (secondary N) is 2. The Morgan fingerprint density at radius 2 is 1.93 bits per heavy atom. The van der Waals surface area contributed by atoms with Crippen LogP contribution < -0.4 is 20.1 Å². The Morgan fingerprint density at radius 1 is 1.21 bits per heavy atom. The third-order valence-corrected chi connectivity index (χ3v) is 5.37. The topological polar surface area (TPSA) is 79.9 Å². The molecule has 156 valence electrons. The van der Waals surface area contributed by atoms with Crippen molar-refractivity contribution in [2.24, 2.45) is 5.92 Å². The predicted molar refractivity (Wildman–Crippen MR) is 109 cm³/mol. The Hall–Kier alpha value is -1.99. The smallest absolute Gasteiger partial charge is 0.224 e. The van der Waals surface area contributed by atoms with Crippen LogP contribution >= 0.6 is 12.4 Å². The largest absolute Gasteiger partial charge is 0.493 e. The highest BCUT2D eigenvalue weighted by Gasteiger charge is 2.24. The minimum absolute atomic E-state index is 0. The van der Waals surface area contributed by atoms with Crippen LogP contribution in [0.5, 0.6) is 11.5 Å². The third kappa shape index (κ3) is 5.29. The van der Waals surface area contributed by atoms with Crippen molar-refractivity contribution in [1.29, 1.82) is 0 Å². The van der Waals surface area contributed by atoms with Gasteiger partial charge in [0.1, 0.15) is 0 Å². The number of amides is 2. The van der Waals surface area contributed by atoms with Crippen LogP contribution in [0.2, 0.25) is 0 Å². The lowest BCUT2D eigenvalue weighted by molar-refractivity contribution is -0.132. The average Bonchev–Trinajstić information content (AvgIpc) is 3.24. The summed E-state index contributed by atoms with van der Waals surface area (Å²) < 4.78 is 10.7. The maximum atomic E-state index is 12.5. The highest BCUT2D eigenvalue weighted by Crippen LogP contribution is 2.33. The van der Waals surface area contributed by atoms with Gasteiger partial charge in [0.15, 0.2) is 11.5 Å². The van der Waals surface area contributed by atoms with Gasteiger partial charge in [-0.25, -0.2) is 0 Å². The van der Waals surface area contributed by atoms with Crippen LogP contribution in [-0.4, -0.2) is 57.1 Å². The molecule has 0 bridgehead atoms. The van der Waals surface area contributed by atoms with Crippen LogP contribution in [0.1, 0.15) is 30.4 Å². The minimum atomic E-state index is 0. The van der Waals surface area contributed by atoms with Crippen LogP contribution in [0.4, 0.5) is 0 Å². The summed E-state index contributed by atoms with van der Waals surface area (Å²) in [5.74, 6) is 1.72. The number of hydrogen-bond acceptors (Lipinski definition) is 5. The molecule has 2 N–H and O–H groups in total. The van der Waals surface area contributed by atoms with Crippen molar-refractivity contribution in [3.63, 3.8) is 0 Å². The first kappa shape index (κ1) is 22.3. The molecule has 2 aliphatic heterocycles. The van der Waals surface area contributed by atoms with Crippen LogP contribution in [-0.2, 0) is 22.6 Å². The first-order chi connectivity index (χ1) is 13.1. The molecule has 0 saturated carbocycles. The van der Waals surface area contributed by atoms with Gasteiger partial charge in [-0.15, -0.1) is 12.4 Å². The zero-order valence-electron chi connectivity index (χ0n) is 16.6. The highest BCUT2D eigenvalue weighted by molar-refractivity contribution is 5.85. The molecule has 1 aromatic rings. The van der Waals surface area contributed by atoms with Crippen LogP contribution in [0.3, 0.4) is 0 Å². The molecular formula is C20H30ClN3O4. The summed E-state index contributed by atoms with van der Waals surface area (Å²) in [4.78, 5) is 26.4. The van der Waals surface area contributed by atoms with Gasteiger partial charge in [-0.3, -0.25) is 9.59 Å². The van der Waals surface area contributed by atoms with Crippen molar-refractivity contribution in [3.8, 4) is 11.5 Å². The fourth-order valence-electron chi connectivity index (χ4n) is 3.73. The van der Waals surface area contributed by atoms with Gasteiger partial charge in [0.25, 0.3) is 0 Å². The van der Waals surface area contributed by atoms with Crippen molar-refractivity contribution < 1.29 is 19.1 Å². The number of methoxy groups -OCH3 is 2. The van der Waals surface area contributed by atoms with E-state index in [0.29, 0.717) is 38.2 Å². The summed E-state index contributed by atoms with van der Waals surface area (Å²) >= 11 is 0. The maximum absolute atomic E-state index is 12.5. The first-order valence-corrected chi connectivity index (χ1v) is 9.62. The Balaban J connectivity index is 0.00000280. The molecule has 8 heteroatoms. The van der Waals surface area contributed by atoms with Crippen molar-refractivity contribution in [2.75, 3.05) is 40.4 Å². The minimum Gasteiger partial charge on any atom is -0.493 e. The molecule has 0 radical (unpaired) electrons. The number of nitrogens with zero attached hydrogens (tertiary/aromatic N) is 1. The average molecular weight is 412 g/mol. The predicted octanol–water partition coefficient (Wildman–Crippen LogP) is 1.52. The quantitative estimate of drug-likeness (QED) is 0.665. The number of carbonyl (C=O) groups is 2. The fourth-order valence-corrected chi connectivity index (χ4v) is 3.73. The van der Waals surface area contributed by atoms with Crippen molar-refractivity contribution in [3.05, 3.63) is 23.3 Å². The second-order valence-corrected chi connectivity index (χ2v) is 7.13. The molecule has 1 saturated heterocycles. The molecule has 0 aromatic heterocycles. The second kappa shape index (κ2) is 10.5. The van der Waals surface area contributed by atoms with Crippen molar-refractivity contribution >= 4 is 24.2 Å². The van der Waals surface area contributed by atoms with Gasteiger partial charge in [-0.2, -0.15) is 0 Å². The van der Waals surface area contributed by atoms with E-state index in [9.17, 15) is 9.59 Å². The Kier molecular flexibility index (Phi) is 8.38. The lowest BCUT2D eigenvalue weighted by Crippen LogP contribution is -2.37. The number of halogens is 1. The van der Waals surface area contributed by atoms with E-state index in [1.165, 1.54) is 5.56 Å². The number of rotatable bonds is 7. The summed E-state index contributed by atoms with van der Waals surface area (Å²) in [5, 5.41) is 6.14. The summed E-state index contributed by atoms with van der Waals surface area (Å²) in [5.41, 5.74) is 2.31. The molecule has 1 atom stereocenters. The SMILES string of the molecule is COc1cc2c(cc1OC)CN(C(=O)CCCNC(=O)C1CCNC1)CC2.Cl. The summed E-state index contributed by atoms with van der Waals surface area (Å²) in [6, 6.07) is 3.97. The Morgan fingerprint density at radius 3 is 2.57 bits per heavy atom. The number of hydrogen-bond donors (Lipinski definition) is 2. The van der Waals surface area contributed by atoms with E-state index in [-0.39, 0.29) is 30.1 Å². The summed E-state index contributed by atoms with van der Waals surface area (Å²) in [6.45, 7) is 3.52. The van der Waals surface area contributed by atoms with E-state index in [4.69, 9.17) is 9.47 Å². The Labute approximate surface area is 172 Å². The second-order valence-electron chi connectivity index (χ2n) is 7.13. The van der Waals surface area contributed by atoms with E-state index in [1.807, 2.05) is 17.0 Å². The fraction of sp³-hybridized carbons (Fsp3) is 0.600. The van der Waals surface area contributed by atoms with Gasteiger partial charge < -0.3 is 25.0 Å². The lowest BCUT2D eigenvalue weighted by Gasteiger charge is -2.29. The third-order valence-electron chi connectivity index (χ3n) is 5.37. The van der Waals surface area contributed by atoms with Gasteiger partial charge >= 0.3 is 0 Å². The van der Waals surface area contributed by atoms with Gasteiger partial charge in [0, 0.05) is 32.6 Å². The molecular weight excluding hydrogens is 382 g/mol. The molecule has 28 heavy (non-hydrogen) atoms. The van der Waals surface area contributed by atoms with Crippen molar-refractivity contribution in [2.45, 2.75) is 32.2 Å². The number of ether oxygens (including phenoxy) is 2. The molecule has 3 rings (SSSR count). The first-order valence-electron chi connectivity index (χ1n) is 9.62. The van der Waals surface area contributed by atoms with E-state index in [2.05, 4.69) is 10.6 Å². The molecule has 1 unspecified atom stereocenters.